The van der Waals surface area contributed by atoms with Crippen LogP contribution in [0, 0.1) is 17.2 Å². The number of aliphatic carboxylic acids is 1. The maximum Gasteiger partial charge on any atom is 0.229 e. The first-order chi connectivity index (χ1) is 26.2. The topological polar surface area (TPSA) is 180 Å². The Hall–Kier alpha value is -4.29. The quantitative estimate of drug-likeness (QED) is 0.150. The molecular weight excluding hydrogens is 732 g/mol. The minimum Gasteiger partial charge on any atom is -0.547 e. The van der Waals surface area contributed by atoms with Crippen molar-refractivity contribution in [3.8, 4) is 34.8 Å². The van der Waals surface area contributed by atoms with Gasteiger partial charge in [0.25, 0.3) is 0 Å². The van der Waals surface area contributed by atoms with Gasteiger partial charge >= 0.3 is 0 Å². The highest BCUT2D eigenvalue weighted by atomic mass is 35.5. The fraction of sp³-hybridized carbons (Fsp3) is 0.512. The van der Waals surface area contributed by atoms with Gasteiger partial charge in [0.2, 0.25) is 6.29 Å². The summed E-state index contributed by atoms with van der Waals surface area (Å²) in [5, 5.41) is 53.1. The summed E-state index contributed by atoms with van der Waals surface area (Å²) in [6, 6.07) is 19.4. The molecule has 0 saturated carbocycles. The maximum atomic E-state index is 11.5. The summed E-state index contributed by atoms with van der Waals surface area (Å²) in [4.78, 5) is 11.5. The molecule has 3 aromatic carbocycles. The average Bonchev–Trinajstić information content (AvgIpc) is 3.18. The summed E-state index contributed by atoms with van der Waals surface area (Å²) in [6.45, 7) is 9.06. The summed E-state index contributed by atoms with van der Waals surface area (Å²) in [5.74, 6) is 0.755. The Kier molecular flexibility index (Phi) is 15.0. The van der Waals surface area contributed by atoms with Crippen LogP contribution < -0.4 is 28.8 Å². The first-order valence-electron chi connectivity index (χ1n) is 18.3. The first-order valence-corrected chi connectivity index (χ1v) is 18.6. The summed E-state index contributed by atoms with van der Waals surface area (Å²) < 4.78 is 33.7. The van der Waals surface area contributed by atoms with Gasteiger partial charge in [-0.2, -0.15) is 5.26 Å². The second kappa shape index (κ2) is 19.0. The molecule has 55 heavy (non-hydrogen) atoms. The van der Waals surface area contributed by atoms with E-state index in [1.165, 1.54) is 0 Å². The number of hydrogen-bond acceptors (Lipinski definition) is 12. The maximum absolute atomic E-state index is 11.5. The molecule has 1 fully saturated rings. The minimum absolute atomic E-state index is 0.00433. The molecule has 1 aliphatic heterocycles. The number of ether oxygens (including phenoxy) is 6. The first kappa shape index (κ1) is 43.4. The number of carboxylic acid groups (broad SMARTS) is 1. The number of methoxy groups -OCH3 is 4. The molecule has 300 valence electrons. The lowest BCUT2D eigenvalue weighted by Crippen LogP contribution is -2.63. The molecule has 13 nitrogen and oxygen atoms in total. The van der Waals surface area contributed by atoms with E-state index in [4.69, 9.17) is 40.0 Å². The van der Waals surface area contributed by atoms with Crippen LogP contribution in [0.4, 0.5) is 0 Å². The molecule has 0 spiro atoms. The van der Waals surface area contributed by atoms with Gasteiger partial charge < -0.3 is 58.1 Å². The Morgan fingerprint density at radius 3 is 2.04 bits per heavy atom. The Balaban J connectivity index is 1.63. The number of hydrogen-bond donors (Lipinski definition) is 3. The van der Waals surface area contributed by atoms with E-state index in [2.05, 4.69) is 26.8 Å². The summed E-state index contributed by atoms with van der Waals surface area (Å²) >= 11 is 6.71. The molecule has 7 atom stereocenters. The number of halogens is 1. The number of nitriles is 1. The summed E-state index contributed by atoms with van der Waals surface area (Å²) in [5.41, 5.74) is 2.03. The Bertz CT molecular complexity index is 1800. The van der Waals surface area contributed by atoms with Gasteiger partial charge in [-0.3, -0.25) is 0 Å². The van der Waals surface area contributed by atoms with Gasteiger partial charge in [0.15, 0.2) is 23.0 Å². The van der Waals surface area contributed by atoms with Crippen molar-refractivity contribution in [1.29, 1.82) is 5.26 Å². The van der Waals surface area contributed by atoms with Gasteiger partial charge in [0.05, 0.1) is 70.5 Å². The molecular formula is C41H53ClN2O11. The fourth-order valence-corrected chi connectivity index (χ4v) is 7.56. The van der Waals surface area contributed by atoms with Crippen molar-refractivity contribution in [2.45, 2.75) is 82.7 Å². The summed E-state index contributed by atoms with van der Waals surface area (Å²) in [6.07, 6.45) is -7.04. The Labute approximate surface area is 328 Å². The number of aliphatic hydroxyl groups excluding tert-OH is 3. The molecule has 0 amide bonds. The minimum atomic E-state index is -1.92. The number of carboxylic acids is 1. The van der Waals surface area contributed by atoms with E-state index in [-0.39, 0.29) is 16.7 Å². The highest BCUT2D eigenvalue weighted by molar-refractivity contribution is 6.32. The molecule has 0 aromatic heterocycles. The SMILES string of the molecule is CC[N+](CCCC(C#N)(c1ccc(OC)c(OC)c1)C(C)C)(CCc1ccc(OC)c(OC)c1)Cc1ccc(O[C@@H]2O[C@H](C(=O)[O-])[C@@H](O)[C@H](O)[C@H]2O)c(Cl)c1. The second-order valence-corrected chi connectivity index (χ2v) is 14.6. The van der Waals surface area contributed by atoms with Gasteiger partial charge in [-0.15, -0.1) is 0 Å². The molecule has 0 radical (unpaired) electrons. The summed E-state index contributed by atoms with van der Waals surface area (Å²) in [7, 11) is 6.36. The number of carbonyl (C=O) groups excluding carboxylic acids is 1. The smallest absolute Gasteiger partial charge is 0.229 e. The van der Waals surface area contributed by atoms with E-state index in [0.717, 1.165) is 49.2 Å². The third-order valence-corrected chi connectivity index (χ3v) is 11.1. The Morgan fingerprint density at radius 1 is 0.873 bits per heavy atom. The largest absolute Gasteiger partial charge is 0.547 e. The number of rotatable bonds is 19. The monoisotopic (exact) mass is 784 g/mol. The predicted molar refractivity (Wildman–Crippen MR) is 202 cm³/mol. The molecule has 4 rings (SSSR count). The zero-order valence-corrected chi connectivity index (χ0v) is 33.2. The van der Waals surface area contributed by atoms with Gasteiger partial charge in [0, 0.05) is 12.0 Å². The lowest BCUT2D eigenvalue weighted by atomic mass is 9.69. The number of carbonyl (C=O) groups is 1. The normalized spacial score (nSPS) is 21.8. The second-order valence-electron chi connectivity index (χ2n) is 14.2. The zero-order valence-electron chi connectivity index (χ0n) is 32.5. The van der Waals surface area contributed by atoms with E-state index in [1.807, 2.05) is 42.5 Å². The lowest BCUT2D eigenvalue weighted by molar-refractivity contribution is -0.939. The van der Waals surface area contributed by atoms with Crippen LogP contribution in [0.1, 0.15) is 50.3 Å². The highest BCUT2D eigenvalue weighted by Crippen LogP contribution is 2.41. The van der Waals surface area contributed by atoms with Gasteiger partial charge in [0.1, 0.15) is 36.7 Å². The molecule has 0 bridgehead atoms. The number of likely N-dealkylation sites (N-methyl/N-ethyl adjacent to an activating group) is 1. The Morgan fingerprint density at radius 2 is 1.47 bits per heavy atom. The van der Waals surface area contributed by atoms with Crippen LogP contribution in [-0.2, 0) is 27.9 Å². The predicted octanol–water partition coefficient (Wildman–Crippen LogP) is 3.79. The zero-order chi connectivity index (χ0) is 40.5. The van der Waals surface area contributed by atoms with E-state index in [1.54, 1.807) is 40.6 Å². The van der Waals surface area contributed by atoms with Gasteiger partial charge in [-0.25, -0.2) is 0 Å². The van der Waals surface area contributed by atoms with Crippen LogP contribution >= 0.6 is 11.6 Å². The molecule has 2 unspecified atom stereocenters. The molecule has 3 aromatic rings. The number of nitrogens with zero attached hydrogens (tertiary/aromatic N) is 2. The highest BCUT2D eigenvalue weighted by Gasteiger charge is 2.46. The third-order valence-electron chi connectivity index (χ3n) is 10.8. The molecule has 1 saturated heterocycles. The molecule has 1 aliphatic rings. The van der Waals surface area contributed by atoms with Crippen LogP contribution in [0.3, 0.4) is 0 Å². The number of benzene rings is 3. The van der Waals surface area contributed by atoms with E-state index >= 15 is 0 Å². The van der Waals surface area contributed by atoms with Crippen LogP contribution in [0.25, 0.3) is 0 Å². The van der Waals surface area contributed by atoms with Gasteiger partial charge in [-0.05, 0) is 79.3 Å². The average molecular weight is 785 g/mol. The molecule has 0 aliphatic carbocycles. The number of aliphatic hydroxyl groups is 3. The van der Waals surface area contributed by atoms with Crippen LogP contribution in [-0.4, -0.2) is 105 Å². The fourth-order valence-electron chi connectivity index (χ4n) is 7.31. The van der Waals surface area contributed by atoms with E-state index in [9.17, 15) is 30.5 Å². The number of quaternary nitrogens is 1. The van der Waals surface area contributed by atoms with E-state index in [0.29, 0.717) is 40.4 Å². The van der Waals surface area contributed by atoms with E-state index < -0.39 is 42.1 Å². The standard InChI is InChI=1S/C41H53ClN2O11/c1-8-44(19-16-26-10-14-31(50-4)33(21-26)52-6,18-9-17-41(24-43,25(2)3)28-12-15-32(51-5)34(22-28)53-7)23-27-11-13-30(29(42)20-27)54-40-37(47)35(45)36(46)38(55-40)39(48)49/h10-15,20-22,25,35-38,40,45-47H,8-9,16-19,23H2,1-7H3/t35-,36-,37+,38-,40+,41?,44?/m0/s1. The van der Waals surface area contributed by atoms with Crippen molar-refractivity contribution in [3.05, 3.63) is 76.3 Å². The molecule has 14 heteroatoms. The molecule has 3 N–H and O–H groups in total. The van der Waals surface area contributed by atoms with Gasteiger partial charge in [-0.1, -0.05) is 37.6 Å². The third kappa shape index (κ3) is 9.75. The van der Waals surface area contributed by atoms with Crippen molar-refractivity contribution in [2.75, 3.05) is 48.1 Å². The van der Waals surface area contributed by atoms with Crippen LogP contribution in [0.15, 0.2) is 54.6 Å². The molecule has 1 heterocycles. The van der Waals surface area contributed by atoms with Crippen LogP contribution in [0.5, 0.6) is 28.7 Å². The van der Waals surface area contributed by atoms with Crippen LogP contribution in [0.2, 0.25) is 5.02 Å². The van der Waals surface area contributed by atoms with Crippen molar-refractivity contribution < 1.29 is 58.1 Å². The van der Waals surface area contributed by atoms with Crippen molar-refractivity contribution in [3.63, 3.8) is 0 Å². The van der Waals surface area contributed by atoms with Crippen molar-refractivity contribution in [1.82, 2.24) is 0 Å². The van der Waals surface area contributed by atoms with Crippen molar-refractivity contribution in [2.24, 2.45) is 5.92 Å². The lowest BCUT2D eigenvalue weighted by Gasteiger charge is -2.40. The van der Waals surface area contributed by atoms with Crippen molar-refractivity contribution >= 4 is 17.6 Å².